The van der Waals surface area contributed by atoms with Crippen LogP contribution in [0, 0.1) is 10.1 Å². The lowest BCUT2D eigenvalue weighted by molar-refractivity contribution is -0.388. The quantitative estimate of drug-likeness (QED) is 0.402. The van der Waals surface area contributed by atoms with E-state index < -0.39 is 27.4 Å². The summed E-state index contributed by atoms with van der Waals surface area (Å²) >= 11 is 6.42. The van der Waals surface area contributed by atoms with Gasteiger partial charge in [-0.25, -0.2) is 0 Å². The van der Waals surface area contributed by atoms with E-state index in [1.807, 2.05) is 0 Å². The second kappa shape index (κ2) is 6.68. The van der Waals surface area contributed by atoms with Gasteiger partial charge in [0.15, 0.2) is 0 Å². The monoisotopic (exact) mass is 359 g/mol. The highest BCUT2D eigenvalue weighted by Gasteiger charge is 2.39. The fourth-order valence-corrected chi connectivity index (χ4v) is 2.39. The summed E-state index contributed by atoms with van der Waals surface area (Å²) in [5.41, 5.74) is -1.85. The van der Waals surface area contributed by atoms with Crippen LogP contribution in [0.4, 0.5) is 18.9 Å². The Morgan fingerprint density at radius 3 is 2.29 bits per heavy atom. The molecule has 0 amide bonds. The van der Waals surface area contributed by atoms with Gasteiger partial charge in [0.05, 0.1) is 4.92 Å². The largest absolute Gasteiger partial charge is 0.468 e. The zero-order valence-electron chi connectivity index (χ0n) is 12.5. The highest BCUT2D eigenvalue weighted by molar-refractivity contribution is 6.23. The van der Waals surface area contributed by atoms with Gasteiger partial charge in [0.1, 0.15) is 11.3 Å². The molecule has 0 N–H and O–H groups in total. The Balaban J connectivity index is 2.44. The van der Waals surface area contributed by atoms with Crippen LogP contribution in [0.15, 0.2) is 48.5 Å². The van der Waals surface area contributed by atoms with Crippen molar-refractivity contribution < 1.29 is 22.8 Å². The maximum atomic E-state index is 13.0. The first-order valence-corrected chi connectivity index (χ1v) is 7.34. The third-order valence-corrected chi connectivity index (χ3v) is 3.97. The zero-order valence-corrected chi connectivity index (χ0v) is 13.3. The number of nitro benzene ring substituents is 1. The molecule has 0 radical (unpaired) electrons. The zero-order chi connectivity index (χ0) is 18.0. The van der Waals surface area contributed by atoms with Crippen LogP contribution < -0.4 is 4.74 Å². The highest BCUT2D eigenvalue weighted by atomic mass is 35.5. The number of alkyl halides is 4. The van der Waals surface area contributed by atoms with Crippen molar-refractivity contribution in [1.82, 2.24) is 0 Å². The fraction of sp³-hybridized carbons (Fsp3) is 0.250. The Morgan fingerprint density at radius 2 is 1.79 bits per heavy atom. The van der Waals surface area contributed by atoms with Crippen LogP contribution in [0.3, 0.4) is 0 Å². The van der Waals surface area contributed by atoms with Gasteiger partial charge in [-0.2, -0.15) is 13.2 Å². The van der Waals surface area contributed by atoms with Gasteiger partial charge in [-0.05, 0) is 12.1 Å². The van der Waals surface area contributed by atoms with E-state index in [2.05, 4.69) is 0 Å². The highest BCUT2D eigenvalue weighted by Crippen LogP contribution is 2.41. The molecule has 0 aromatic heterocycles. The molecule has 128 valence electrons. The van der Waals surface area contributed by atoms with Crippen LogP contribution >= 0.6 is 11.6 Å². The molecule has 0 aliphatic heterocycles. The minimum atomic E-state index is -4.88. The van der Waals surface area contributed by atoms with Gasteiger partial charge in [-0.1, -0.05) is 48.9 Å². The summed E-state index contributed by atoms with van der Waals surface area (Å²) in [4.78, 5) is 9.70. The number of halogens is 4. The first kappa shape index (κ1) is 18.1. The molecule has 4 nitrogen and oxygen atoms in total. The van der Waals surface area contributed by atoms with E-state index >= 15 is 0 Å². The SMILES string of the molecule is CCC(Cl)(Oc1ccc([N+](=O)[O-])c(C(F)(F)F)c1)c1ccccc1. The van der Waals surface area contributed by atoms with Crippen molar-refractivity contribution in [3.8, 4) is 5.75 Å². The summed E-state index contributed by atoms with van der Waals surface area (Å²) < 4.78 is 44.7. The van der Waals surface area contributed by atoms with Crippen molar-refractivity contribution >= 4 is 17.3 Å². The molecule has 1 atom stereocenters. The Labute approximate surface area is 141 Å². The van der Waals surface area contributed by atoms with Crippen molar-refractivity contribution in [3.05, 3.63) is 69.8 Å². The van der Waals surface area contributed by atoms with E-state index in [1.165, 1.54) is 0 Å². The number of nitro groups is 1. The smallest absolute Gasteiger partial charge is 0.423 e. The fourth-order valence-electron chi connectivity index (χ4n) is 2.17. The second-order valence-corrected chi connectivity index (χ2v) is 5.59. The van der Waals surface area contributed by atoms with Crippen molar-refractivity contribution in [1.29, 1.82) is 0 Å². The van der Waals surface area contributed by atoms with Crippen LogP contribution in [0.5, 0.6) is 5.75 Å². The lowest BCUT2D eigenvalue weighted by Crippen LogP contribution is -2.25. The molecule has 2 rings (SSSR count). The van der Waals surface area contributed by atoms with Crippen LogP contribution in [-0.2, 0) is 11.2 Å². The van der Waals surface area contributed by atoms with Crippen molar-refractivity contribution in [2.75, 3.05) is 0 Å². The topological polar surface area (TPSA) is 52.4 Å². The van der Waals surface area contributed by atoms with Crippen LogP contribution in [0.25, 0.3) is 0 Å². The molecule has 0 saturated heterocycles. The van der Waals surface area contributed by atoms with Gasteiger partial charge in [-0.3, -0.25) is 10.1 Å². The van der Waals surface area contributed by atoms with Gasteiger partial charge in [-0.15, -0.1) is 0 Å². The molecule has 0 aliphatic carbocycles. The molecular formula is C16H13ClF3NO3. The first-order chi connectivity index (χ1) is 11.2. The van der Waals surface area contributed by atoms with Crippen LogP contribution in [0.1, 0.15) is 24.5 Å². The average Bonchev–Trinajstić information content (AvgIpc) is 2.54. The first-order valence-electron chi connectivity index (χ1n) is 6.96. The summed E-state index contributed by atoms with van der Waals surface area (Å²) in [5, 5.41) is 9.41. The van der Waals surface area contributed by atoms with E-state index in [1.54, 1.807) is 37.3 Å². The normalized spacial score (nSPS) is 14.0. The number of nitrogens with zero attached hydrogens (tertiary/aromatic N) is 1. The van der Waals surface area contributed by atoms with Gasteiger partial charge in [0, 0.05) is 18.1 Å². The van der Waals surface area contributed by atoms with E-state index in [-0.39, 0.29) is 12.2 Å². The molecule has 2 aromatic rings. The van der Waals surface area contributed by atoms with Crippen LogP contribution in [-0.4, -0.2) is 4.92 Å². The Morgan fingerprint density at radius 1 is 1.17 bits per heavy atom. The average molecular weight is 360 g/mol. The number of hydrogen-bond acceptors (Lipinski definition) is 3. The van der Waals surface area contributed by atoms with Gasteiger partial charge in [0.25, 0.3) is 5.69 Å². The molecule has 0 aliphatic rings. The van der Waals surface area contributed by atoms with Crippen molar-refractivity contribution in [2.24, 2.45) is 0 Å². The molecule has 24 heavy (non-hydrogen) atoms. The minimum absolute atomic E-state index is 0.200. The molecule has 0 fully saturated rings. The lowest BCUT2D eigenvalue weighted by Gasteiger charge is -2.27. The standard InChI is InChI=1S/C16H13ClF3NO3/c1-2-15(17,11-6-4-3-5-7-11)24-12-8-9-14(21(22)23)13(10-12)16(18,19)20/h3-10H,2H2,1H3. The van der Waals surface area contributed by atoms with Crippen molar-refractivity contribution in [3.63, 3.8) is 0 Å². The minimum Gasteiger partial charge on any atom is -0.468 e. The lowest BCUT2D eigenvalue weighted by atomic mass is 10.1. The molecule has 0 spiro atoms. The summed E-state index contributed by atoms with van der Waals surface area (Å²) in [5.74, 6) is -0.200. The number of hydrogen-bond donors (Lipinski definition) is 0. The molecule has 1 unspecified atom stereocenters. The van der Waals surface area contributed by atoms with Gasteiger partial charge >= 0.3 is 6.18 Å². The predicted molar refractivity (Wildman–Crippen MR) is 83.0 cm³/mol. The summed E-state index contributed by atoms with van der Waals surface area (Å²) in [7, 11) is 0. The third kappa shape index (κ3) is 3.79. The summed E-state index contributed by atoms with van der Waals surface area (Å²) in [6.07, 6.45) is -4.60. The Kier molecular flexibility index (Phi) is 5.03. The second-order valence-electron chi connectivity index (χ2n) is 4.98. The van der Waals surface area contributed by atoms with E-state index in [4.69, 9.17) is 16.3 Å². The molecular weight excluding hydrogens is 347 g/mol. The summed E-state index contributed by atoms with van der Waals surface area (Å²) in [6, 6.07) is 11.0. The molecule has 2 aromatic carbocycles. The third-order valence-electron chi connectivity index (χ3n) is 3.41. The van der Waals surface area contributed by atoms with Gasteiger partial charge < -0.3 is 4.74 Å². The molecule has 0 heterocycles. The Bertz CT molecular complexity index is 737. The molecule has 0 bridgehead atoms. The summed E-state index contributed by atoms with van der Waals surface area (Å²) in [6.45, 7) is 1.72. The maximum Gasteiger partial charge on any atom is 0.423 e. The number of rotatable bonds is 5. The van der Waals surface area contributed by atoms with E-state index in [0.717, 1.165) is 12.1 Å². The number of benzene rings is 2. The van der Waals surface area contributed by atoms with Crippen LogP contribution in [0.2, 0.25) is 0 Å². The maximum absolute atomic E-state index is 13.0. The number of ether oxygens (including phenoxy) is 1. The Hall–Kier alpha value is -2.28. The van der Waals surface area contributed by atoms with E-state index in [0.29, 0.717) is 11.6 Å². The van der Waals surface area contributed by atoms with Crippen molar-refractivity contribution in [2.45, 2.75) is 24.6 Å². The molecule has 0 saturated carbocycles. The predicted octanol–water partition coefficient (Wildman–Crippen LogP) is 5.49. The van der Waals surface area contributed by atoms with Gasteiger partial charge in [0.2, 0.25) is 5.06 Å². The van der Waals surface area contributed by atoms with E-state index in [9.17, 15) is 23.3 Å². The molecule has 8 heteroatoms.